The lowest BCUT2D eigenvalue weighted by molar-refractivity contribution is -0.149. The molecule has 0 radical (unpaired) electrons. The molecule has 0 saturated carbocycles. The van der Waals surface area contributed by atoms with E-state index in [9.17, 15) is 9.59 Å². The van der Waals surface area contributed by atoms with Crippen LogP contribution in [0.2, 0.25) is 5.02 Å². The minimum Gasteiger partial charge on any atom is -0.456 e. The van der Waals surface area contributed by atoms with Gasteiger partial charge in [-0.3, -0.25) is 9.59 Å². The Hall–Kier alpha value is -2.63. The number of carbonyl (C=O) groups excluding carboxylic acids is 2. The smallest absolute Gasteiger partial charge is 0.306 e. The molecule has 0 unspecified atom stereocenters. The van der Waals surface area contributed by atoms with E-state index in [0.29, 0.717) is 43.9 Å². The van der Waals surface area contributed by atoms with Crippen LogP contribution < -0.4 is 10.6 Å². The number of halogens is 1. The Kier molecular flexibility index (Phi) is 9.13. The third-order valence-corrected chi connectivity index (χ3v) is 5.49. The van der Waals surface area contributed by atoms with Gasteiger partial charge < -0.3 is 15.4 Å². The van der Waals surface area contributed by atoms with E-state index in [-0.39, 0.29) is 23.9 Å². The van der Waals surface area contributed by atoms with Crippen molar-refractivity contribution in [2.75, 3.05) is 13.1 Å². The Balaban J connectivity index is 1.56. The molecule has 2 aromatic rings. The normalized spacial score (nSPS) is 21.3. The van der Waals surface area contributed by atoms with Crippen molar-refractivity contribution < 1.29 is 14.3 Å². The molecule has 2 aromatic carbocycles. The first-order valence-electron chi connectivity index (χ1n) is 10.7. The molecule has 164 valence electrons. The number of hydrogen-bond donors (Lipinski definition) is 2. The van der Waals surface area contributed by atoms with E-state index in [1.807, 2.05) is 60.7 Å². The average molecular weight is 441 g/mol. The standard InChI is InChI=1S/C25H29ClN2O3/c26-22-13-11-19(12-14-22)17-28-24(29)15-20-7-3-1-6-10-25(30)31-23(18-27-16-20)21-8-4-2-5-9-21/h1-5,8-9,11-14,20,23,27H,6-7,10,15-18H2,(H,28,29)/b3-1+/t20-,23-/m0/s1. The molecule has 1 aliphatic heterocycles. The van der Waals surface area contributed by atoms with Crippen LogP contribution in [0.3, 0.4) is 0 Å². The highest BCUT2D eigenvalue weighted by atomic mass is 35.5. The van der Waals surface area contributed by atoms with Crippen LogP contribution in [0.15, 0.2) is 66.7 Å². The summed E-state index contributed by atoms with van der Waals surface area (Å²) >= 11 is 5.91. The predicted molar refractivity (Wildman–Crippen MR) is 123 cm³/mol. The van der Waals surface area contributed by atoms with E-state index in [1.165, 1.54) is 0 Å². The van der Waals surface area contributed by atoms with Crippen molar-refractivity contribution in [1.82, 2.24) is 10.6 Å². The molecule has 2 N–H and O–H groups in total. The second-order valence-electron chi connectivity index (χ2n) is 7.77. The van der Waals surface area contributed by atoms with Gasteiger partial charge in [-0.1, -0.05) is 66.2 Å². The van der Waals surface area contributed by atoms with Crippen molar-refractivity contribution in [2.45, 2.75) is 38.3 Å². The summed E-state index contributed by atoms with van der Waals surface area (Å²) in [5, 5.41) is 7.07. The number of rotatable bonds is 5. The fourth-order valence-electron chi connectivity index (χ4n) is 3.52. The van der Waals surface area contributed by atoms with Crippen LogP contribution >= 0.6 is 11.6 Å². The van der Waals surface area contributed by atoms with Gasteiger partial charge in [-0.15, -0.1) is 0 Å². The lowest BCUT2D eigenvalue weighted by Gasteiger charge is -2.22. The Bertz CT molecular complexity index is 868. The van der Waals surface area contributed by atoms with Gasteiger partial charge in [0.2, 0.25) is 5.91 Å². The molecular weight excluding hydrogens is 412 g/mol. The lowest BCUT2D eigenvalue weighted by atomic mass is 9.99. The molecule has 3 rings (SSSR count). The highest BCUT2D eigenvalue weighted by Crippen LogP contribution is 2.19. The number of amides is 1. The maximum absolute atomic E-state index is 12.5. The third-order valence-electron chi connectivity index (χ3n) is 5.24. The fourth-order valence-corrected chi connectivity index (χ4v) is 3.64. The van der Waals surface area contributed by atoms with Crippen molar-refractivity contribution in [2.24, 2.45) is 5.92 Å². The molecule has 1 aliphatic rings. The van der Waals surface area contributed by atoms with Crippen LogP contribution in [0.5, 0.6) is 0 Å². The summed E-state index contributed by atoms with van der Waals surface area (Å²) in [7, 11) is 0. The zero-order valence-corrected chi connectivity index (χ0v) is 18.3. The highest BCUT2D eigenvalue weighted by Gasteiger charge is 2.19. The van der Waals surface area contributed by atoms with Crippen LogP contribution in [-0.4, -0.2) is 25.0 Å². The molecule has 0 aromatic heterocycles. The maximum atomic E-state index is 12.5. The second kappa shape index (κ2) is 12.3. The zero-order valence-electron chi connectivity index (χ0n) is 17.6. The largest absolute Gasteiger partial charge is 0.456 e. The van der Waals surface area contributed by atoms with E-state index in [1.54, 1.807) is 0 Å². The van der Waals surface area contributed by atoms with Gasteiger partial charge in [0, 0.05) is 31.0 Å². The summed E-state index contributed by atoms with van der Waals surface area (Å²) in [6, 6.07) is 17.2. The van der Waals surface area contributed by atoms with Gasteiger partial charge in [-0.2, -0.15) is 0 Å². The first-order valence-corrected chi connectivity index (χ1v) is 11.1. The number of hydrogen-bond acceptors (Lipinski definition) is 4. The van der Waals surface area contributed by atoms with E-state index < -0.39 is 0 Å². The zero-order chi connectivity index (χ0) is 21.9. The number of allylic oxidation sites excluding steroid dienone is 2. The minimum atomic E-state index is -0.337. The Morgan fingerprint density at radius 1 is 1.06 bits per heavy atom. The Morgan fingerprint density at radius 2 is 1.84 bits per heavy atom. The van der Waals surface area contributed by atoms with Gasteiger partial charge in [0.15, 0.2) is 0 Å². The van der Waals surface area contributed by atoms with Crippen molar-refractivity contribution in [1.29, 1.82) is 0 Å². The van der Waals surface area contributed by atoms with Crippen LogP contribution in [0.4, 0.5) is 0 Å². The van der Waals surface area contributed by atoms with E-state index in [4.69, 9.17) is 16.3 Å². The molecular formula is C25H29ClN2O3. The molecule has 0 aliphatic carbocycles. The van der Waals surface area contributed by atoms with E-state index in [2.05, 4.69) is 16.7 Å². The molecule has 0 spiro atoms. The number of esters is 1. The minimum absolute atomic E-state index is 0.0216. The maximum Gasteiger partial charge on any atom is 0.306 e. The molecule has 0 bridgehead atoms. The van der Waals surface area contributed by atoms with E-state index in [0.717, 1.165) is 17.5 Å². The molecule has 1 amide bonds. The van der Waals surface area contributed by atoms with Gasteiger partial charge in [0.05, 0.1) is 0 Å². The van der Waals surface area contributed by atoms with Crippen LogP contribution in [-0.2, 0) is 20.9 Å². The molecule has 6 heteroatoms. The van der Waals surface area contributed by atoms with Crippen LogP contribution in [0.1, 0.15) is 42.9 Å². The van der Waals surface area contributed by atoms with Gasteiger partial charge in [-0.05, 0) is 48.6 Å². The Labute approximate surface area is 188 Å². The number of carbonyl (C=O) groups is 2. The highest BCUT2D eigenvalue weighted by molar-refractivity contribution is 6.30. The Morgan fingerprint density at radius 3 is 2.61 bits per heavy atom. The van der Waals surface area contributed by atoms with Gasteiger partial charge in [0.25, 0.3) is 0 Å². The molecule has 0 saturated heterocycles. The summed E-state index contributed by atoms with van der Waals surface area (Å²) in [6.45, 7) is 1.67. The summed E-state index contributed by atoms with van der Waals surface area (Å²) in [6.07, 6.45) is 5.93. The predicted octanol–water partition coefficient (Wildman–Crippen LogP) is 4.58. The molecule has 2 atom stereocenters. The average Bonchev–Trinajstić information content (AvgIpc) is 2.77. The van der Waals surface area contributed by atoms with Crippen LogP contribution in [0.25, 0.3) is 0 Å². The number of ether oxygens (including phenoxy) is 1. The van der Waals surface area contributed by atoms with E-state index >= 15 is 0 Å². The first-order chi connectivity index (χ1) is 15.1. The summed E-state index contributed by atoms with van der Waals surface area (Å²) < 4.78 is 5.70. The third kappa shape index (κ3) is 8.19. The summed E-state index contributed by atoms with van der Waals surface area (Å²) in [5.74, 6) is -0.0136. The second-order valence-corrected chi connectivity index (χ2v) is 8.20. The van der Waals surface area contributed by atoms with Gasteiger partial charge >= 0.3 is 5.97 Å². The molecule has 0 fully saturated rings. The molecule has 1 heterocycles. The number of cyclic esters (lactones) is 1. The van der Waals surface area contributed by atoms with Gasteiger partial charge in [-0.25, -0.2) is 0 Å². The van der Waals surface area contributed by atoms with Crippen molar-refractivity contribution in [3.63, 3.8) is 0 Å². The summed E-state index contributed by atoms with van der Waals surface area (Å²) in [5.41, 5.74) is 1.98. The van der Waals surface area contributed by atoms with Crippen molar-refractivity contribution in [3.8, 4) is 0 Å². The molecule has 5 nitrogen and oxygen atoms in total. The first kappa shape index (κ1) is 23.0. The van der Waals surface area contributed by atoms with Crippen molar-refractivity contribution >= 4 is 23.5 Å². The lowest BCUT2D eigenvalue weighted by Crippen LogP contribution is -2.33. The number of nitrogens with one attached hydrogen (secondary N) is 2. The van der Waals surface area contributed by atoms with Gasteiger partial charge in [0.1, 0.15) is 6.10 Å². The topological polar surface area (TPSA) is 67.4 Å². The number of benzene rings is 2. The summed E-state index contributed by atoms with van der Waals surface area (Å²) in [4.78, 5) is 24.7. The van der Waals surface area contributed by atoms with Crippen LogP contribution in [0, 0.1) is 5.92 Å². The molecule has 31 heavy (non-hydrogen) atoms. The SMILES string of the molecule is O=C(C[C@@H]1C/C=C/CCC(=O)O[C@H](c2ccccc2)CNC1)NCc1ccc(Cl)cc1. The van der Waals surface area contributed by atoms with Crippen molar-refractivity contribution in [3.05, 3.63) is 82.9 Å². The quantitative estimate of drug-likeness (QED) is 0.527. The monoisotopic (exact) mass is 440 g/mol. The fraction of sp³-hybridized carbons (Fsp3) is 0.360.